The minimum Gasteiger partial charge on any atom is -0.466 e. The van der Waals surface area contributed by atoms with Crippen molar-refractivity contribution in [1.29, 1.82) is 0 Å². The average molecular weight is 1150 g/mol. The molecule has 1 amide bonds. The van der Waals surface area contributed by atoms with Gasteiger partial charge in [0.1, 0.15) is 0 Å². The molecule has 0 aliphatic rings. The van der Waals surface area contributed by atoms with E-state index < -0.39 is 12.1 Å². The molecule has 0 spiro atoms. The van der Waals surface area contributed by atoms with Crippen LogP contribution in [0.3, 0.4) is 0 Å². The molecule has 6 nitrogen and oxygen atoms in total. The number of allylic oxidation sites excluding steroid dienone is 6. The highest BCUT2D eigenvalue weighted by Gasteiger charge is 2.20. The Balaban J connectivity index is 3.33. The van der Waals surface area contributed by atoms with Crippen molar-refractivity contribution in [3.63, 3.8) is 0 Å². The topological polar surface area (TPSA) is 95.9 Å². The molecule has 0 aromatic heterocycles. The second-order valence-corrected chi connectivity index (χ2v) is 25.6. The number of carbonyl (C=O) groups excluding carboxylic acids is 2. The van der Waals surface area contributed by atoms with Crippen LogP contribution < -0.4 is 5.32 Å². The van der Waals surface area contributed by atoms with Crippen LogP contribution in [0.25, 0.3) is 0 Å². The third kappa shape index (κ3) is 67.2. The zero-order chi connectivity index (χ0) is 59.2. The lowest BCUT2D eigenvalue weighted by Crippen LogP contribution is -2.45. The summed E-state index contributed by atoms with van der Waals surface area (Å²) in [6.07, 6.45) is 92.2. The molecule has 0 fully saturated rings. The molecule has 2 atom stereocenters. The maximum absolute atomic E-state index is 12.5. The Kier molecular flexibility index (Phi) is 69.9. The SMILES string of the molecule is CCCCC/C=C\C/C=C\CCCCCCCC(=O)OCCCCCCCCCCCCCCCC/C=C\CCCCCCCCCCCCCCCCCCCC(=O)NC(CO)C(O)CCCCCCCCCCCCCCCCC. The van der Waals surface area contributed by atoms with E-state index in [1.807, 2.05) is 0 Å². The van der Waals surface area contributed by atoms with Crippen LogP contribution in [0.1, 0.15) is 412 Å². The monoisotopic (exact) mass is 1150 g/mol. The van der Waals surface area contributed by atoms with Crippen molar-refractivity contribution in [3.05, 3.63) is 36.5 Å². The van der Waals surface area contributed by atoms with Gasteiger partial charge in [0.15, 0.2) is 0 Å². The van der Waals surface area contributed by atoms with Crippen LogP contribution in [-0.4, -0.2) is 47.4 Å². The third-order valence-electron chi connectivity index (χ3n) is 17.4. The third-order valence-corrected chi connectivity index (χ3v) is 17.4. The Labute approximate surface area is 513 Å². The number of carbonyl (C=O) groups is 2. The first-order valence-electron chi connectivity index (χ1n) is 37.2. The van der Waals surface area contributed by atoms with Crippen molar-refractivity contribution in [1.82, 2.24) is 5.32 Å². The van der Waals surface area contributed by atoms with Gasteiger partial charge < -0.3 is 20.3 Å². The van der Waals surface area contributed by atoms with Crippen molar-refractivity contribution >= 4 is 11.9 Å². The first-order valence-corrected chi connectivity index (χ1v) is 37.2. The van der Waals surface area contributed by atoms with Gasteiger partial charge in [0.05, 0.1) is 25.4 Å². The number of nitrogens with one attached hydrogen (secondary N) is 1. The van der Waals surface area contributed by atoms with Crippen LogP contribution in [0.4, 0.5) is 0 Å². The maximum atomic E-state index is 12.5. The molecule has 0 aromatic carbocycles. The predicted molar refractivity (Wildman–Crippen MR) is 361 cm³/mol. The van der Waals surface area contributed by atoms with E-state index in [9.17, 15) is 19.8 Å². The highest BCUT2D eigenvalue weighted by molar-refractivity contribution is 5.76. The summed E-state index contributed by atoms with van der Waals surface area (Å²) in [5.41, 5.74) is 0. The summed E-state index contributed by atoms with van der Waals surface area (Å²) in [6.45, 7) is 4.95. The molecule has 0 aromatic rings. The number of rotatable bonds is 70. The molecule has 0 radical (unpaired) electrons. The van der Waals surface area contributed by atoms with Gasteiger partial charge in [0, 0.05) is 12.8 Å². The fourth-order valence-corrected chi connectivity index (χ4v) is 11.7. The van der Waals surface area contributed by atoms with Crippen molar-refractivity contribution in [2.75, 3.05) is 13.2 Å². The smallest absolute Gasteiger partial charge is 0.305 e. The summed E-state index contributed by atoms with van der Waals surface area (Å²) in [5, 5.41) is 23.3. The van der Waals surface area contributed by atoms with Gasteiger partial charge in [-0.15, -0.1) is 0 Å². The first kappa shape index (κ1) is 80.1. The van der Waals surface area contributed by atoms with Crippen LogP contribution in [0.2, 0.25) is 0 Å². The molecule has 3 N–H and O–H groups in total. The molecule has 0 rings (SSSR count). The number of hydrogen-bond acceptors (Lipinski definition) is 5. The Hall–Kier alpha value is -1.92. The molecule has 2 unspecified atom stereocenters. The van der Waals surface area contributed by atoms with Gasteiger partial charge in [0.2, 0.25) is 5.91 Å². The van der Waals surface area contributed by atoms with E-state index in [2.05, 4.69) is 55.6 Å². The quantitative estimate of drug-likeness (QED) is 0.0320. The Morgan fingerprint density at radius 3 is 0.963 bits per heavy atom. The van der Waals surface area contributed by atoms with Gasteiger partial charge in [-0.3, -0.25) is 9.59 Å². The van der Waals surface area contributed by atoms with E-state index in [1.54, 1.807) is 0 Å². The fraction of sp³-hybridized carbons (Fsp3) is 0.895. The van der Waals surface area contributed by atoms with E-state index in [0.717, 1.165) is 51.4 Å². The lowest BCUT2D eigenvalue weighted by atomic mass is 10.0. The summed E-state index contributed by atoms with van der Waals surface area (Å²) in [6, 6.07) is -0.538. The van der Waals surface area contributed by atoms with E-state index in [4.69, 9.17) is 4.74 Å². The first-order chi connectivity index (χ1) is 40.5. The minimum atomic E-state index is -0.661. The number of esters is 1. The zero-order valence-electron chi connectivity index (χ0n) is 55.5. The lowest BCUT2D eigenvalue weighted by Gasteiger charge is -2.22. The van der Waals surface area contributed by atoms with Crippen molar-refractivity contribution in [2.45, 2.75) is 424 Å². The molecule has 0 aliphatic heterocycles. The number of aliphatic hydroxyl groups is 2. The second-order valence-electron chi connectivity index (χ2n) is 25.6. The molecule has 484 valence electrons. The Morgan fingerprint density at radius 1 is 0.341 bits per heavy atom. The highest BCUT2D eigenvalue weighted by atomic mass is 16.5. The molecule has 0 saturated heterocycles. The molecule has 0 heterocycles. The molecule has 82 heavy (non-hydrogen) atoms. The molecule has 0 bridgehead atoms. The number of ether oxygens (including phenoxy) is 1. The van der Waals surface area contributed by atoms with Crippen LogP contribution in [0.15, 0.2) is 36.5 Å². The van der Waals surface area contributed by atoms with Crippen molar-refractivity contribution in [3.8, 4) is 0 Å². The van der Waals surface area contributed by atoms with E-state index >= 15 is 0 Å². The summed E-state index contributed by atoms with van der Waals surface area (Å²) >= 11 is 0. The van der Waals surface area contributed by atoms with Gasteiger partial charge in [-0.1, -0.05) is 352 Å². The number of amides is 1. The van der Waals surface area contributed by atoms with Crippen LogP contribution in [-0.2, 0) is 14.3 Å². The Morgan fingerprint density at radius 2 is 0.610 bits per heavy atom. The van der Waals surface area contributed by atoms with Gasteiger partial charge in [-0.25, -0.2) is 0 Å². The predicted octanol–water partition coefficient (Wildman–Crippen LogP) is 24.3. The van der Waals surface area contributed by atoms with Crippen LogP contribution in [0.5, 0.6) is 0 Å². The second kappa shape index (κ2) is 71.6. The van der Waals surface area contributed by atoms with E-state index in [-0.39, 0.29) is 18.5 Å². The van der Waals surface area contributed by atoms with Gasteiger partial charge in [-0.2, -0.15) is 0 Å². The molecular weight excluding hydrogens is 1010 g/mol. The van der Waals surface area contributed by atoms with Gasteiger partial charge in [-0.05, 0) is 83.5 Å². The number of unbranched alkanes of at least 4 members (excludes halogenated alkanes) is 53. The molecular formula is C76H145NO5. The van der Waals surface area contributed by atoms with E-state index in [1.165, 1.54) is 327 Å². The summed E-state index contributed by atoms with van der Waals surface area (Å²) in [5.74, 6) is -0.0219. The van der Waals surface area contributed by atoms with Crippen LogP contribution in [0, 0.1) is 0 Å². The van der Waals surface area contributed by atoms with Gasteiger partial charge >= 0.3 is 5.97 Å². The molecule has 0 saturated carbocycles. The minimum absolute atomic E-state index is 0.00656. The largest absolute Gasteiger partial charge is 0.466 e. The summed E-state index contributed by atoms with van der Waals surface area (Å²) in [4.78, 5) is 24.6. The molecule has 6 heteroatoms. The number of hydrogen-bond donors (Lipinski definition) is 3. The number of aliphatic hydroxyl groups excluding tert-OH is 2. The summed E-state index contributed by atoms with van der Waals surface area (Å²) in [7, 11) is 0. The lowest BCUT2D eigenvalue weighted by molar-refractivity contribution is -0.143. The van der Waals surface area contributed by atoms with Crippen molar-refractivity contribution in [2.24, 2.45) is 0 Å². The van der Waals surface area contributed by atoms with E-state index in [0.29, 0.717) is 25.9 Å². The average Bonchev–Trinajstić information content (AvgIpc) is 3.48. The van der Waals surface area contributed by atoms with Crippen molar-refractivity contribution < 1.29 is 24.5 Å². The van der Waals surface area contributed by atoms with Crippen LogP contribution >= 0.6 is 0 Å². The standard InChI is InChI=1S/C76H145NO5/c1-3-5-7-9-11-13-15-17-40-44-48-52-56-60-64-68-74(79)73(72-78)77-75(80)69-65-61-57-53-49-45-42-38-36-34-32-30-28-26-24-22-20-19-21-23-25-27-29-31-33-35-37-39-43-47-51-55-59-63-67-71-82-76(81)70-66-62-58-54-50-46-41-18-16-14-12-10-8-6-4-2/h12,14,18,21,23,41,73-74,78-79H,3-11,13,15-17,19-20,22,24-40,42-72H2,1-2H3,(H,77,80)/b14-12-,23-21-,41-18-. The fourth-order valence-electron chi connectivity index (χ4n) is 11.7. The van der Waals surface area contributed by atoms with Gasteiger partial charge in [0.25, 0.3) is 0 Å². The zero-order valence-corrected chi connectivity index (χ0v) is 55.5. The maximum Gasteiger partial charge on any atom is 0.305 e. The molecule has 0 aliphatic carbocycles. The Bertz CT molecular complexity index is 1330. The normalized spacial score (nSPS) is 12.7. The highest BCUT2D eigenvalue weighted by Crippen LogP contribution is 2.19. The summed E-state index contributed by atoms with van der Waals surface area (Å²) < 4.78 is 5.49.